The predicted octanol–water partition coefficient (Wildman–Crippen LogP) is 4.02. The van der Waals surface area contributed by atoms with Crippen molar-refractivity contribution in [2.75, 3.05) is 0 Å². The van der Waals surface area contributed by atoms with Crippen LogP contribution in [0.25, 0.3) is 11.0 Å². The summed E-state index contributed by atoms with van der Waals surface area (Å²) >= 11 is 0. The van der Waals surface area contributed by atoms with Crippen LogP contribution in [0.2, 0.25) is 0 Å². The second-order valence-corrected chi connectivity index (χ2v) is 4.01. The summed E-state index contributed by atoms with van der Waals surface area (Å²) in [5, 5.41) is 1.21. The Balaban J connectivity index is 2.25. The van der Waals surface area contributed by atoms with Crippen molar-refractivity contribution >= 4 is 11.0 Å². The van der Waals surface area contributed by atoms with E-state index in [0.717, 1.165) is 17.9 Å². The molecule has 74 valence electrons. The highest BCUT2D eigenvalue weighted by molar-refractivity contribution is 5.77. The molecule has 0 amide bonds. The Morgan fingerprint density at radius 3 is 2.93 bits per heavy atom. The maximum Gasteiger partial charge on any atom is 0.133 e. The first kappa shape index (κ1) is 9.32. The standard InChI is InChI=1S/C13H16O/c1-3-10(2)8-11-4-5-13-12(9-11)6-7-14-13/h4-7,9-10H,3,8H2,1-2H3/t10-/m0/s1. The van der Waals surface area contributed by atoms with E-state index in [9.17, 15) is 0 Å². The van der Waals surface area contributed by atoms with Crippen LogP contribution in [0, 0.1) is 5.92 Å². The van der Waals surface area contributed by atoms with Crippen LogP contribution in [0.1, 0.15) is 25.8 Å². The number of hydrogen-bond acceptors (Lipinski definition) is 1. The maximum absolute atomic E-state index is 5.30. The minimum atomic E-state index is 0.763. The van der Waals surface area contributed by atoms with E-state index in [0.29, 0.717) is 0 Å². The highest BCUT2D eigenvalue weighted by Crippen LogP contribution is 2.19. The van der Waals surface area contributed by atoms with E-state index in [2.05, 4.69) is 32.0 Å². The fourth-order valence-electron chi connectivity index (χ4n) is 1.69. The van der Waals surface area contributed by atoms with Gasteiger partial charge in [0.15, 0.2) is 0 Å². The van der Waals surface area contributed by atoms with Crippen LogP contribution in [-0.2, 0) is 6.42 Å². The second-order valence-electron chi connectivity index (χ2n) is 4.01. The topological polar surface area (TPSA) is 13.1 Å². The molecule has 1 atom stereocenters. The van der Waals surface area contributed by atoms with Crippen molar-refractivity contribution < 1.29 is 4.42 Å². The van der Waals surface area contributed by atoms with Gasteiger partial charge in [-0.1, -0.05) is 26.3 Å². The molecular formula is C13H16O. The summed E-state index contributed by atoms with van der Waals surface area (Å²) in [6.07, 6.45) is 4.15. The number of rotatable bonds is 3. The van der Waals surface area contributed by atoms with E-state index in [1.165, 1.54) is 17.4 Å². The molecule has 0 fully saturated rings. The molecule has 0 unspecified atom stereocenters. The van der Waals surface area contributed by atoms with Crippen LogP contribution in [0.5, 0.6) is 0 Å². The zero-order chi connectivity index (χ0) is 9.97. The third-order valence-electron chi connectivity index (χ3n) is 2.80. The van der Waals surface area contributed by atoms with Crippen LogP contribution in [0.3, 0.4) is 0 Å². The third-order valence-corrected chi connectivity index (χ3v) is 2.80. The largest absolute Gasteiger partial charge is 0.464 e. The van der Waals surface area contributed by atoms with E-state index < -0.39 is 0 Å². The van der Waals surface area contributed by atoms with Crippen molar-refractivity contribution in [2.45, 2.75) is 26.7 Å². The van der Waals surface area contributed by atoms with Gasteiger partial charge in [-0.3, -0.25) is 0 Å². The Hall–Kier alpha value is -1.24. The maximum atomic E-state index is 5.30. The van der Waals surface area contributed by atoms with E-state index >= 15 is 0 Å². The molecule has 0 aliphatic heterocycles. The lowest BCUT2D eigenvalue weighted by molar-refractivity contribution is 0.560. The van der Waals surface area contributed by atoms with Gasteiger partial charge in [-0.2, -0.15) is 0 Å². The molecule has 0 N–H and O–H groups in total. The van der Waals surface area contributed by atoms with Gasteiger partial charge in [0.1, 0.15) is 5.58 Å². The highest BCUT2D eigenvalue weighted by atomic mass is 16.3. The van der Waals surface area contributed by atoms with Gasteiger partial charge in [0, 0.05) is 5.39 Å². The molecule has 0 saturated heterocycles. The molecule has 1 aromatic heterocycles. The molecule has 1 nitrogen and oxygen atoms in total. The summed E-state index contributed by atoms with van der Waals surface area (Å²) in [6.45, 7) is 4.53. The first-order chi connectivity index (χ1) is 6.79. The number of benzene rings is 1. The molecule has 2 rings (SSSR count). The molecule has 0 bridgehead atoms. The molecular weight excluding hydrogens is 172 g/mol. The second kappa shape index (κ2) is 3.87. The summed E-state index contributed by atoms with van der Waals surface area (Å²) in [4.78, 5) is 0. The number of hydrogen-bond donors (Lipinski definition) is 0. The SMILES string of the molecule is CC[C@H](C)Cc1ccc2occc2c1. The van der Waals surface area contributed by atoms with Crippen LogP contribution >= 0.6 is 0 Å². The minimum Gasteiger partial charge on any atom is -0.464 e. The molecule has 0 radical (unpaired) electrons. The van der Waals surface area contributed by atoms with Gasteiger partial charge in [0.25, 0.3) is 0 Å². The lowest BCUT2D eigenvalue weighted by Crippen LogP contribution is -1.96. The Morgan fingerprint density at radius 1 is 1.29 bits per heavy atom. The zero-order valence-corrected chi connectivity index (χ0v) is 8.79. The van der Waals surface area contributed by atoms with Crippen molar-refractivity contribution in [3.63, 3.8) is 0 Å². The van der Waals surface area contributed by atoms with E-state index in [4.69, 9.17) is 4.42 Å². The summed E-state index contributed by atoms with van der Waals surface area (Å²) in [7, 11) is 0. The van der Waals surface area contributed by atoms with Crippen LogP contribution < -0.4 is 0 Å². The Kier molecular flexibility index (Phi) is 2.58. The van der Waals surface area contributed by atoms with E-state index in [-0.39, 0.29) is 0 Å². The summed E-state index contributed by atoms with van der Waals surface area (Å²) in [6, 6.07) is 8.48. The molecule has 0 aliphatic rings. The quantitative estimate of drug-likeness (QED) is 0.709. The molecule has 2 aromatic rings. The summed E-state index contributed by atoms with van der Waals surface area (Å²) in [5.41, 5.74) is 2.39. The van der Waals surface area contributed by atoms with Crippen molar-refractivity contribution in [2.24, 2.45) is 5.92 Å². The fourth-order valence-corrected chi connectivity index (χ4v) is 1.69. The Bertz CT molecular complexity index is 414. The van der Waals surface area contributed by atoms with E-state index in [1.807, 2.05) is 6.07 Å². The third kappa shape index (κ3) is 1.82. The highest BCUT2D eigenvalue weighted by Gasteiger charge is 2.03. The van der Waals surface area contributed by atoms with Crippen molar-refractivity contribution in [1.29, 1.82) is 0 Å². The molecule has 0 aliphatic carbocycles. The smallest absolute Gasteiger partial charge is 0.133 e. The lowest BCUT2D eigenvalue weighted by atomic mass is 9.98. The number of fused-ring (bicyclic) bond motifs is 1. The predicted molar refractivity (Wildman–Crippen MR) is 59.4 cm³/mol. The normalized spacial score (nSPS) is 13.3. The van der Waals surface area contributed by atoms with Gasteiger partial charge in [-0.15, -0.1) is 0 Å². The van der Waals surface area contributed by atoms with Gasteiger partial charge < -0.3 is 4.42 Å². The first-order valence-electron chi connectivity index (χ1n) is 5.25. The van der Waals surface area contributed by atoms with Gasteiger partial charge in [-0.05, 0) is 36.1 Å². The Morgan fingerprint density at radius 2 is 2.14 bits per heavy atom. The minimum absolute atomic E-state index is 0.763. The van der Waals surface area contributed by atoms with Crippen molar-refractivity contribution in [1.82, 2.24) is 0 Å². The summed E-state index contributed by atoms with van der Waals surface area (Å²) < 4.78 is 5.30. The molecule has 0 saturated carbocycles. The van der Waals surface area contributed by atoms with Crippen LogP contribution in [0.4, 0.5) is 0 Å². The molecule has 1 aromatic carbocycles. The average Bonchev–Trinajstić information content (AvgIpc) is 2.64. The molecule has 1 heterocycles. The summed E-state index contributed by atoms with van der Waals surface area (Å²) in [5.74, 6) is 0.763. The van der Waals surface area contributed by atoms with Gasteiger partial charge in [-0.25, -0.2) is 0 Å². The molecule has 1 heteroatoms. The number of furan rings is 1. The average molecular weight is 188 g/mol. The van der Waals surface area contributed by atoms with Crippen LogP contribution in [-0.4, -0.2) is 0 Å². The first-order valence-corrected chi connectivity index (χ1v) is 5.25. The zero-order valence-electron chi connectivity index (χ0n) is 8.79. The molecule has 0 spiro atoms. The van der Waals surface area contributed by atoms with E-state index in [1.54, 1.807) is 6.26 Å². The van der Waals surface area contributed by atoms with Crippen molar-refractivity contribution in [3.8, 4) is 0 Å². The fraction of sp³-hybridized carbons (Fsp3) is 0.385. The Labute approximate surface area is 84.7 Å². The van der Waals surface area contributed by atoms with Gasteiger partial charge >= 0.3 is 0 Å². The molecule has 14 heavy (non-hydrogen) atoms. The van der Waals surface area contributed by atoms with Crippen molar-refractivity contribution in [3.05, 3.63) is 36.1 Å². The lowest BCUT2D eigenvalue weighted by Gasteiger charge is -2.07. The van der Waals surface area contributed by atoms with Gasteiger partial charge in [0.05, 0.1) is 6.26 Å². The van der Waals surface area contributed by atoms with Crippen LogP contribution in [0.15, 0.2) is 34.9 Å². The van der Waals surface area contributed by atoms with Gasteiger partial charge in [0.2, 0.25) is 0 Å². The monoisotopic (exact) mass is 188 g/mol.